The van der Waals surface area contributed by atoms with E-state index in [1.54, 1.807) is 0 Å². The van der Waals surface area contributed by atoms with E-state index < -0.39 is 0 Å². The molecule has 0 fully saturated rings. The van der Waals surface area contributed by atoms with E-state index in [4.69, 9.17) is 33.7 Å². The Kier molecular flexibility index (Phi) is 5.92. The smallest absolute Gasteiger partial charge is 0.122 e. The van der Waals surface area contributed by atoms with Crippen LogP contribution in [0.1, 0.15) is 24.0 Å². The van der Waals surface area contributed by atoms with Crippen LogP contribution in [-0.4, -0.2) is 13.2 Å². The first-order valence-electron chi connectivity index (χ1n) is 7.00. The van der Waals surface area contributed by atoms with Crippen molar-refractivity contribution in [3.05, 3.63) is 63.6 Å². The minimum Gasteiger partial charge on any atom is -0.494 e. The van der Waals surface area contributed by atoms with Gasteiger partial charge in [0.15, 0.2) is 0 Å². The SMILES string of the molecule is CCOc1ccc(Cl)cc1C(CN)Cc1cccc(Cl)c1. The Morgan fingerprint density at radius 2 is 1.86 bits per heavy atom. The average molecular weight is 324 g/mol. The van der Waals surface area contributed by atoms with Crippen LogP contribution in [0.3, 0.4) is 0 Å². The molecule has 0 amide bonds. The summed E-state index contributed by atoms with van der Waals surface area (Å²) in [5.41, 5.74) is 8.18. The second kappa shape index (κ2) is 7.69. The van der Waals surface area contributed by atoms with Crippen LogP contribution in [-0.2, 0) is 6.42 Å². The molecule has 21 heavy (non-hydrogen) atoms. The zero-order valence-corrected chi connectivity index (χ0v) is 13.5. The van der Waals surface area contributed by atoms with Gasteiger partial charge in [0.05, 0.1) is 6.61 Å². The first-order valence-corrected chi connectivity index (χ1v) is 7.76. The lowest BCUT2D eigenvalue weighted by molar-refractivity contribution is 0.334. The fourth-order valence-electron chi connectivity index (χ4n) is 2.39. The first kappa shape index (κ1) is 16.2. The highest BCUT2D eigenvalue weighted by atomic mass is 35.5. The second-order valence-electron chi connectivity index (χ2n) is 4.88. The number of halogens is 2. The second-order valence-corrected chi connectivity index (χ2v) is 5.75. The van der Waals surface area contributed by atoms with Gasteiger partial charge in [-0.3, -0.25) is 0 Å². The molecule has 4 heteroatoms. The van der Waals surface area contributed by atoms with E-state index in [9.17, 15) is 0 Å². The normalized spacial score (nSPS) is 12.2. The van der Waals surface area contributed by atoms with Gasteiger partial charge in [-0.2, -0.15) is 0 Å². The van der Waals surface area contributed by atoms with Crippen molar-refractivity contribution in [2.45, 2.75) is 19.3 Å². The molecule has 0 aliphatic rings. The molecule has 0 radical (unpaired) electrons. The van der Waals surface area contributed by atoms with Crippen LogP contribution in [0, 0.1) is 0 Å². The molecule has 0 spiro atoms. The van der Waals surface area contributed by atoms with E-state index >= 15 is 0 Å². The van der Waals surface area contributed by atoms with Crippen molar-refractivity contribution in [2.75, 3.05) is 13.2 Å². The molecule has 0 aliphatic heterocycles. The van der Waals surface area contributed by atoms with Crippen LogP contribution in [0.2, 0.25) is 10.0 Å². The van der Waals surface area contributed by atoms with Gasteiger partial charge in [-0.25, -0.2) is 0 Å². The van der Waals surface area contributed by atoms with Crippen LogP contribution in [0.5, 0.6) is 5.75 Å². The average Bonchev–Trinajstić information content (AvgIpc) is 2.47. The minimum absolute atomic E-state index is 0.142. The number of rotatable bonds is 6. The zero-order valence-electron chi connectivity index (χ0n) is 12.0. The molecule has 0 saturated heterocycles. The predicted molar refractivity (Wildman–Crippen MR) is 89.6 cm³/mol. The Morgan fingerprint density at radius 1 is 1.10 bits per heavy atom. The van der Waals surface area contributed by atoms with E-state index in [-0.39, 0.29) is 5.92 Å². The third kappa shape index (κ3) is 4.37. The molecule has 0 heterocycles. The third-order valence-electron chi connectivity index (χ3n) is 3.37. The van der Waals surface area contributed by atoms with Crippen molar-refractivity contribution in [3.8, 4) is 5.75 Å². The molecule has 2 N–H and O–H groups in total. The Labute approximate surface area is 135 Å². The molecule has 0 aromatic heterocycles. The van der Waals surface area contributed by atoms with Gasteiger partial charge in [-0.05, 0) is 55.8 Å². The molecule has 0 bridgehead atoms. The number of hydrogen-bond acceptors (Lipinski definition) is 2. The monoisotopic (exact) mass is 323 g/mol. The molecule has 2 nitrogen and oxygen atoms in total. The van der Waals surface area contributed by atoms with Crippen molar-refractivity contribution in [1.29, 1.82) is 0 Å². The number of benzene rings is 2. The molecule has 2 aromatic rings. The van der Waals surface area contributed by atoms with Crippen LogP contribution in [0.25, 0.3) is 0 Å². The summed E-state index contributed by atoms with van der Waals surface area (Å²) < 4.78 is 5.70. The highest BCUT2D eigenvalue weighted by molar-refractivity contribution is 6.31. The standard InChI is InChI=1S/C17H19Cl2NO/c1-2-21-17-7-6-15(19)10-16(17)13(11-20)8-12-4-3-5-14(18)9-12/h3-7,9-10,13H,2,8,11,20H2,1H3. The van der Waals surface area contributed by atoms with Crippen molar-refractivity contribution in [2.24, 2.45) is 5.73 Å². The maximum absolute atomic E-state index is 6.13. The minimum atomic E-state index is 0.142. The van der Waals surface area contributed by atoms with Crippen LogP contribution < -0.4 is 10.5 Å². The summed E-state index contributed by atoms with van der Waals surface area (Å²) in [6.07, 6.45) is 0.803. The van der Waals surface area contributed by atoms with Gasteiger partial charge in [-0.1, -0.05) is 35.3 Å². The molecule has 2 aromatic carbocycles. The Bertz CT molecular complexity index is 601. The highest BCUT2D eigenvalue weighted by Crippen LogP contribution is 2.32. The highest BCUT2D eigenvalue weighted by Gasteiger charge is 2.16. The largest absolute Gasteiger partial charge is 0.494 e. The summed E-state index contributed by atoms with van der Waals surface area (Å²) in [5, 5.41) is 1.43. The topological polar surface area (TPSA) is 35.2 Å². The molecule has 0 aliphatic carbocycles. The van der Waals surface area contributed by atoms with E-state index in [0.29, 0.717) is 18.2 Å². The van der Waals surface area contributed by atoms with Crippen molar-refractivity contribution in [3.63, 3.8) is 0 Å². The van der Waals surface area contributed by atoms with Gasteiger partial charge in [0.2, 0.25) is 0 Å². The van der Waals surface area contributed by atoms with Gasteiger partial charge in [-0.15, -0.1) is 0 Å². The molecule has 1 atom stereocenters. The molecular formula is C17H19Cl2NO. The predicted octanol–water partition coefficient (Wildman–Crippen LogP) is 4.68. The molecule has 2 rings (SSSR count). The summed E-state index contributed by atoms with van der Waals surface area (Å²) in [6.45, 7) is 3.10. The van der Waals surface area contributed by atoms with Crippen molar-refractivity contribution >= 4 is 23.2 Å². The summed E-state index contributed by atoms with van der Waals surface area (Å²) >= 11 is 12.2. The van der Waals surface area contributed by atoms with Gasteiger partial charge in [0, 0.05) is 21.5 Å². The summed E-state index contributed by atoms with van der Waals surface area (Å²) in [6, 6.07) is 13.5. The molecule has 1 unspecified atom stereocenters. The van der Waals surface area contributed by atoms with Crippen LogP contribution in [0.15, 0.2) is 42.5 Å². The summed E-state index contributed by atoms with van der Waals surface area (Å²) in [5.74, 6) is 0.989. The van der Waals surface area contributed by atoms with Crippen molar-refractivity contribution < 1.29 is 4.74 Å². The lowest BCUT2D eigenvalue weighted by Gasteiger charge is -2.19. The Hall–Kier alpha value is -1.22. The van der Waals surface area contributed by atoms with Gasteiger partial charge in [0.25, 0.3) is 0 Å². The third-order valence-corrected chi connectivity index (χ3v) is 3.84. The van der Waals surface area contributed by atoms with Gasteiger partial charge < -0.3 is 10.5 Å². The van der Waals surface area contributed by atoms with Crippen LogP contribution in [0.4, 0.5) is 0 Å². The summed E-state index contributed by atoms with van der Waals surface area (Å²) in [4.78, 5) is 0. The molecule has 0 saturated carbocycles. The number of hydrogen-bond donors (Lipinski definition) is 1. The van der Waals surface area contributed by atoms with E-state index in [1.807, 2.05) is 43.3 Å². The fourth-order valence-corrected chi connectivity index (χ4v) is 2.79. The fraction of sp³-hybridized carbons (Fsp3) is 0.294. The van der Waals surface area contributed by atoms with Gasteiger partial charge >= 0.3 is 0 Å². The lowest BCUT2D eigenvalue weighted by atomic mass is 9.91. The van der Waals surface area contributed by atoms with E-state index in [2.05, 4.69) is 6.07 Å². The summed E-state index contributed by atoms with van der Waals surface area (Å²) in [7, 11) is 0. The first-order chi connectivity index (χ1) is 10.1. The lowest BCUT2D eigenvalue weighted by Crippen LogP contribution is -2.16. The van der Waals surface area contributed by atoms with Crippen molar-refractivity contribution in [1.82, 2.24) is 0 Å². The maximum Gasteiger partial charge on any atom is 0.122 e. The number of ether oxygens (including phenoxy) is 1. The van der Waals surface area contributed by atoms with E-state index in [0.717, 1.165) is 28.3 Å². The maximum atomic E-state index is 6.13. The van der Waals surface area contributed by atoms with Gasteiger partial charge in [0.1, 0.15) is 5.75 Å². The molecule has 112 valence electrons. The Morgan fingerprint density at radius 3 is 2.52 bits per heavy atom. The number of nitrogens with two attached hydrogens (primary N) is 1. The van der Waals surface area contributed by atoms with Crippen LogP contribution >= 0.6 is 23.2 Å². The molecular weight excluding hydrogens is 305 g/mol. The Balaban J connectivity index is 2.30. The van der Waals surface area contributed by atoms with E-state index in [1.165, 1.54) is 0 Å². The quantitative estimate of drug-likeness (QED) is 0.837. The zero-order chi connectivity index (χ0) is 15.2.